The summed E-state index contributed by atoms with van der Waals surface area (Å²) in [5.41, 5.74) is -0.740. The van der Waals surface area contributed by atoms with Crippen molar-refractivity contribution in [1.29, 1.82) is 0 Å². The maximum atomic E-state index is 13.2. The molecule has 0 bridgehead atoms. The fraction of sp³-hybridized carbons (Fsp3) is 0.194. The molecule has 0 aliphatic carbocycles. The number of amides is 2. The van der Waals surface area contributed by atoms with Crippen LogP contribution in [0.5, 0.6) is 0 Å². The van der Waals surface area contributed by atoms with Crippen LogP contribution in [0.1, 0.15) is 43.2 Å². The topological polar surface area (TPSA) is 78.7 Å². The predicted molar refractivity (Wildman–Crippen MR) is 175 cm³/mol. The summed E-state index contributed by atoms with van der Waals surface area (Å²) >= 11 is 1.14. The van der Waals surface area contributed by atoms with Crippen LogP contribution in [0.25, 0.3) is 22.6 Å². The van der Waals surface area contributed by atoms with E-state index in [2.05, 4.69) is 27.0 Å². The van der Waals surface area contributed by atoms with Gasteiger partial charge >= 0.3 is 12.4 Å². The molecule has 0 unspecified atom stereocenters. The van der Waals surface area contributed by atoms with Gasteiger partial charge in [0, 0.05) is 59.4 Å². The van der Waals surface area contributed by atoms with Crippen LogP contribution in [0, 0.1) is 11.8 Å². The average Bonchev–Trinajstić information content (AvgIpc) is 3.78. The number of carbonyl (C=O) groups is 2. The van der Waals surface area contributed by atoms with Crippen molar-refractivity contribution in [3.63, 3.8) is 0 Å². The number of rotatable bonds is 5. The van der Waals surface area contributed by atoms with Gasteiger partial charge in [0.2, 0.25) is 0 Å². The first-order valence-electron chi connectivity index (χ1n) is 15.1. The van der Waals surface area contributed by atoms with Crippen LogP contribution in [-0.4, -0.2) is 59.8 Å². The Labute approximate surface area is 286 Å². The van der Waals surface area contributed by atoms with Gasteiger partial charge in [0.25, 0.3) is 11.8 Å². The van der Waals surface area contributed by atoms with Crippen LogP contribution in [0.15, 0.2) is 88.7 Å². The van der Waals surface area contributed by atoms with Crippen molar-refractivity contribution < 1.29 is 40.3 Å². The van der Waals surface area contributed by atoms with Gasteiger partial charge in [-0.3, -0.25) is 14.9 Å². The zero-order valence-electron chi connectivity index (χ0n) is 26.2. The molecule has 256 valence electrons. The number of hydrogen-bond acceptors (Lipinski definition) is 6. The Morgan fingerprint density at radius 3 is 2.12 bits per heavy atom. The van der Waals surface area contributed by atoms with Gasteiger partial charge in [-0.25, -0.2) is 4.98 Å². The van der Waals surface area contributed by atoms with E-state index in [-0.39, 0.29) is 22.9 Å². The number of nitrogens with zero attached hydrogens (tertiary/aromatic N) is 3. The lowest BCUT2D eigenvalue weighted by Crippen LogP contribution is -2.47. The van der Waals surface area contributed by atoms with Crippen LogP contribution in [0.3, 0.4) is 0 Å². The van der Waals surface area contributed by atoms with Crippen molar-refractivity contribution in [2.75, 3.05) is 38.5 Å². The molecule has 0 spiro atoms. The normalized spacial score (nSPS) is 13.9. The Balaban J connectivity index is 1.11. The number of piperazine rings is 1. The second kappa shape index (κ2) is 13.9. The van der Waals surface area contributed by atoms with Crippen molar-refractivity contribution in [2.24, 2.45) is 0 Å². The molecule has 2 amide bonds. The van der Waals surface area contributed by atoms with E-state index in [0.29, 0.717) is 58.9 Å². The summed E-state index contributed by atoms with van der Waals surface area (Å²) < 4.78 is 85.1. The number of halogens is 6. The number of nitrogens with one attached hydrogen (secondary N) is 1. The lowest BCUT2D eigenvalue weighted by atomic mass is 10.0. The second-order valence-electron chi connectivity index (χ2n) is 11.5. The van der Waals surface area contributed by atoms with Gasteiger partial charge in [-0.15, -0.1) is 11.3 Å². The number of likely N-dealkylation sites (N-methyl/N-ethyl adjacent to an activating group) is 1. The lowest BCUT2D eigenvalue weighted by molar-refractivity contribution is -0.143. The first kappa shape index (κ1) is 34.5. The summed E-state index contributed by atoms with van der Waals surface area (Å²) in [5.74, 6) is 4.91. The molecule has 5 aromatic rings. The van der Waals surface area contributed by atoms with Gasteiger partial charge in [-0.2, -0.15) is 26.3 Å². The number of furan rings is 1. The van der Waals surface area contributed by atoms with E-state index in [1.54, 1.807) is 60.0 Å². The SMILES string of the molecule is CN1CCN(C(=O)c2ccc(-c3ccc(C(=O)Nc4nc(-c5cccc(C#Cc6cc(C(F)(F)F)cc(C(F)(F)F)c6)c5)cs4)o3)cc2)CC1. The number of benzene rings is 3. The largest absolute Gasteiger partial charge is 0.451 e. The molecule has 1 fully saturated rings. The third kappa shape index (κ3) is 8.07. The molecular formula is C36H26F6N4O3S. The van der Waals surface area contributed by atoms with Crippen LogP contribution in [0.2, 0.25) is 0 Å². The third-order valence-corrected chi connectivity index (χ3v) is 8.62. The molecule has 50 heavy (non-hydrogen) atoms. The molecule has 0 atom stereocenters. The van der Waals surface area contributed by atoms with Gasteiger partial charge in [0.1, 0.15) is 5.76 Å². The first-order chi connectivity index (χ1) is 23.7. The number of aromatic nitrogens is 1. The van der Waals surface area contributed by atoms with E-state index >= 15 is 0 Å². The molecule has 0 saturated carbocycles. The van der Waals surface area contributed by atoms with E-state index in [1.165, 1.54) is 6.07 Å². The van der Waals surface area contributed by atoms with Gasteiger partial charge in [-0.05, 0) is 61.6 Å². The minimum atomic E-state index is -4.98. The summed E-state index contributed by atoms with van der Waals surface area (Å²) in [6.45, 7) is 2.97. The Bertz CT molecular complexity index is 2070. The monoisotopic (exact) mass is 708 g/mol. The molecule has 1 aliphatic heterocycles. The van der Waals surface area contributed by atoms with Gasteiger partial charge < -0.3 is 14.2 Å². The molecule has 2 aromatic heterocycles. The number of carbonyl (C=O) groups excluding carboxylic acids is 2. The molecule has 6 rings (SSSR count). The highest BCUT2D eigenvalue weighted by atomic mass is 32.1. The molecule has 14 heteroatoms. The van der Waals surface area contributed by atoms with Crippen LogP contribution in [0.4, 0.5) is 31.5 Å². The van der Waals surface area contributed by atoms with E-state index < -0.39 is 35.0 Å². The third-order valence-electron chi connectivity index (χ3n) is 7.86. The molecule has 1 saturated heterocycles. The maximum Gasteiger partial charge on any atom is 0.416 e. The Morgan fingerprint density at radius 1 is 0.800 bits per heavy atom. The van der Waals surface area contributed by atoms with Gasteiger partial charge in [0.15, 0.2) is 10.9 Å². The Morgan fingerprint density at radius 2 is 1.46 bits per heavy atom. The van der Waals surface area contributed by atoms with Crippen molar-refractivity contribution in [3.05, 3.63) is 118 Å². The quantitative estimate of drug-likeness (QED) is 0.147. The smallest absolute Gasteiger partial charge is 0.416 e. The molecule has 0 radical (unpaired) electrons. The standard InChI is InChI=1S/C36H26F6N4O3S/c1-45-13-15-46(16-14-45)33(48)25-9-7-24(8-10-25)30-11-12-31(49-30)32(47)44-34-43-29(21-50-34)26-4-2-3-22(17-26)5-6-23-18-27(35(37,38)39)20-28(19-23)36(40,41)42/h2-4,7-12,17-21H,13-16H2,1H3,(H,43,44,47). The average molecular weight is 709 g/mol. The van der Waals surface area contributed by atoms with Gasteiger partial charge in [-0.1, -0.05) is 36.1 Å². The zero-order valence-corrected chi connectivity index (χ0v) is 27.0. The fourth-order valence-electron chi connectivity index (χ4n) is 5.13. The zero-order chi connectivity index (χ0) is 35.6. The Hall–Kier alpha value is -5.39. The highest BCUT2D eigenvalue weighted by molar-refractivity contribution is 7.14. The van der Waals surface area contributed by atoms with E-state index in [0.717, 1.165) is 24.4 Å². The number of anilines is 1. The van der Waals surface area contributed by atoms with Crippen molar-refractivity contribution in [3.8, 4) is 34.4 Å². The van der Waals surface area contributed by atoms with Crippen molar-refractivity contribution in [2.45, 2.75) is 12.4 Å². The van der Waals surface area contributed by atoms with E-state index in [4.69, 9.17) is 4.42 Å². The van der Waals surface area contributed by atoms with Crippen molar-refractivity contribution >= 4 is 28.3 Å². The summed E-state index contributed by atoms with van der Waals surface area (Å²) in [6, 6.07) is 17.8. The number of alkyl halides is 6. The highest BCUT2D eigenvalue weighted by Crippen LogP contribution is 2.36. The highest BCUT2D eigenvalue weighted by Gasteiger charge is 2.36. The lowest BCUT2D eigenvalue weighted by Gasteiger charge is -2.32. The number of thiazole rings is 1. The predicted octanol–water partition coefficient (Wildman–Crippen LogP) is 8.15. The Kier molecular flexibility index (Phi) is 9.55. The second-order valence-corrected chi connectivity index (χ2v) is 12.3. The minimum absolute atomic E-state index is 0.0369. The first-order valence-corrected chi connectivity index (χ1v) is 16.0. The van der Waals surface area contributed by atoms with Crippen LogP contribution >= 0.6 is 11.3 Å². The molecule has 1 N–H and O–H groups in total. The molecule has 1 aliphatic rings. The van der Waals surface area contributed by atoms with Crippen LogP contribution < -0.4 is 5.32 Å². The summed E-state index contributed by atoms with van der Waals surface area (Å²) in [7, 11) is 2.02. The van der Waals surface area contributed by atoms with E-state index in [9.17, 15) is 35.9 Å². The van der Waals surface area contributed by atoms with E-state index in [1.807, 2.05) is 11.9 Å². The molecular weight excluding hydrogens is 682 g/mol. The van der Waals surface area contributed by atoms with Crippen molar-refractivity contribution in [1.82, 2.24) is 14.8 Å². The molecule has 7 nitrogen and oxygen atoms in total. The van der Waals surface area contributed by atoms with Gasteiger partial charge in [0.05, 0.1) is 16.8 Å². The maximum absolute atomic E-state index is 13.2. The summed E-state index contributed by atoms with van der Waals surface area (Å²) in [4.78, 5) is 34.2. The number of hydrogen-bond donors (Lipinski definition) is 1. The fourth-order valence-corrected chi connectivity index (χ4v) is 5.85. The molecule has 3 aromatic carbocycles. The summed E-state index contributed by atoms with van der Waals surface area (Å²) in [5, 5.41) is 4.61. The molecule has 3 heterocycles. The summed E-state index contributed by atoms with van der Waals surface area (Å²) in [6.07, 6.45) is -9.96. The minimum Gasteiger partial charge on any atom is -0.451 e. The van der Waals surface area contributed by atoms with Crippen LogP contribution in [-0.2, 0) is 12.4 Å².